The first-order chi connectivity index (χ1) is 8.61. The molecule has 1 fully saturated rings. The Kier molecular flexibility index (Phi) is 6.76. The molecule has 1 unspecified atom stereocenters. The van der Waals surface area contributed by atoms with E-state index in [-0.39, 0.29) is 18.2 Å². The van der Waals surface area contributed by atoms with Crippen LogP contribution in [0.15, 0.2) is 0 Å². The lowest BCUT2D eigenvalue weighted by Gasteiger charge is -2.14. The number of carbonyl (C=O) groups is 2. The normalized spacial score (nSPS) is 17.6. The van der Waals surface area contributed by atoms with Gasteiger partial charge < -0.3 is 10.4 Å². The summed E-state index contributed by atoms with van der Waals surface area (Å²) >= 11 is 0. The number of carbonyl (C=O) groups excluding carboxylic acids is 1. The smallest absolute Gasteiger partial charge is 0.303 e. The molecule has 4 heteroatoms. The Morgan fingerprint density at radius 2 is 2.00 bits per heavy atom. The molecule has 1 atom stereocenters. The molecule has 0 radical (unpaired) electrons. The summed E-state index contributed by atoms with van der Waals surface area (Å²) in [7, 11) is 0. The van der Waals surface area contributed by atoms with Gasteiger partial charge in [0.1, 0.15) is 0 Å². The van der Waals surface area contributed by atoms with Crippen molar-refractivity contribution in [2.45, 2.75) is 58.3 Å². The zero-order valence-corrected chi connectivity index (χ0v) is 11.3. The maximum absolute atomic E-state index is 11.6. The van der Waals surface area contributed by atoms with Gasteiger partial charge in [-0.2, -0.15) is 0 Å². The SMILES string of the molecule is CCC(CNC(=O)CCC1CCCC1)CC(=O)O. The van der Waals surface area contributed by atoms with Crippen LogP contribution < -0.4 is 5.32 Å². The maximum atomic E-state index is 11.6. The minimum atomic E-state index is -0.790. The molecule has 1 rings (SSSR count). The van der Waals surface area contributed by atoms with E-state index in [0.29, 0.717) is 13.0 Å². The van der Waals surface area contributed by atoms with Gasteiger partial charge >= 0.3 is 5.97 Å². The number of hydrogen-bond donors (Lipinski definition) is 2. The highest BCUT2D eigenvalue weighted by molar-refractivity contribution is 5.76. The van der Waals surface area contributed by atoms with E-state index in [1.807, 2.05) is 6.92 Å². The fourth-order valence-electron chi connectivity index (χ4n) is 2.59. The van der Waals surface area contributed by atoms with E-state index in [2.05, 4.69) is 5.32 Å². The molecule has 0 heterocycles. The molecule has 0 aromatic carbocycles. The maximum Gasteiger partial charge on any atom is 0.303 e. The van der Waals surface area contributed by atoms with Crippen molar-refractivity contribution in [3.8, 4) is 0 Å². The van der Waals surface area contributed by atoms with Gasteiger partial charge in [-0.1, -0.05) is 39.0 Å². The van der Waals surface area contributed by atoms with Crippen LogP contribution in [0.3, 0.4) is 0 Å². The van der Waals surface area contributed by atoms with E-state index in [1.165, 1.54) is 25.7 Å². The Labute approximate surface area is 109 Å². The average molecular weight is 255 g/mol. The Hall–Kier alpha value is -1.06. The minimum Gasteiger partial charge on any atom is -0.481 e. The fourth-order valence-corrected chi connectivity index (χ4v) is 2.59. The highest BCUT2D eigenvalue weighted by atomic mass is 16.4. The third-order valence-corrected chi connectivity index (χ3v) is 3.88. The molecule has 4 nitrogen and oxygen atoms in total. The zero-order valence-electron chi connectivity index (χ0n) is 11.3. The number of nitrogens with one attached hydrogen (secondary N) is 1. The Balaban J connectivity index is 2.12. The number of hydrogen-bond acceptors (Lipinski definition) is 2. The van der Waals surface area contributed by atoms with Gasteiger partial charge in [0.25, 0.3) is 0 Å². The molecule has 1 aliphatic carbocycles. The lowest BCUT2D eigenvalue weighted by atomic mass is 10.0. The summed E-state index contributed by atoms with van der Waals surface area (Å²) < 4.78 is 0. The van der Waals surface area contributed by atoms with Crippen molar-refractivity contribution >= 4 is 11.9 Å². The second-order valence-corrected chi connectivity index (χ2v) is 5.37. The fraction of sp³-hybridized carbons (Fsp3) is 0.857. The van der Waals surface area contributed by atoms with Gasteiger partial charge in [0.15, 0.2) is 0 Å². The molecule has 0 saturated heterocycles. The van der Waals surface area contributed by atoms with Crippen molar-refractivity contribution in [3.05, 3.63) is 0 Å². The second-order valence-electron chi connectivity index (χ2n) is 5.37. The molecular weight excluding hydrogens is 230 g/mol. The van der Waals surface area contributed by atoms with Crippen molar-refractivity contribution in [2.24, 2.45) is 11.8 Å². The molecule has 104 valence electrons. The van der Waals surface area contributed by atoms with Gasteiger partial charge in [-0.3, -0.25) is 9.59 Å². The Morgan fingerprint density at radius 3 is 2.56 bits per heavy atom. The van der Waals surface area contributed by atoms with Crippen LogP contribution in [0.4, 0.5) is 0 Å². The largest absolute Gasteiger partial charge is 0.481 e. The summed E-state index contributed by atoms with van der Waals surface area (Å²) in [6.45, 7) is 2.45. The summed E-state index contributed by atoms with van der Waals surface area (Å²) in [6.07, 6.45) is 7.66. The number of carboxylic acids is 1. The predicted molar refractivity (Wildman–Crippen MR) is 70.2 cm³/mol. The van der Waals surface area contributed by atoms with Crippen molar-refractivity contribution in [2.75, 3.05) is 6.54 Å². The minimum absolute atomic E-state index is 0.0536. The first-order valence-electron chi connectivity index (χ1n) is 7.10. The quantitative estimate of drug-likeness (QED) is 0.700. The van der Waals surface area contributed by atoms with E-state index in [9.17, 15) is 9.59 Å². The molecule has 2 N–H and O–H groups in total. The highest BCUT2D eigenvalue weighted by Crippen LogP contribution is 2.28. The standard InChI is InChI=1S/C14H25NO3/c1-2-11(9-14(17)18)10-15-13(16)8-7-12-5-3-4-6-12/h11-12H,2-10H2,1H3,(H,15,16)(H,17,18). The van der Waals surface area contributed by atoms with Crippen molar-refractivity contribution in [1.82, 2.24) is 5.32 Å². The highest BCUT2D eigenvalue weighted by Gasteiger charge is 2.17. The molecule has 18 heavy (non-hydrogen) atoms. The van der Waals surface area contributed by atoms with Crippen LogP contribution in [0.25, 0.3) is 0 Å². The van der Waals surface area contributed by atoms with Crippen molar-refractivity contribution < 1.29 is 14.7 Å². The Bertz CT molecular complexity index is 272. The number of amides is 1. The molecule has 1 aliphatic rings. The predicted octanol–water partition coefficient (Wildman–Crippen LogP) is 2.57. The molecule has 0 aliphatic heterocycles. The summed E-state index contributed by atoms with van der Waals surface area (Å²) in [5.74, 6) is 0.0717. The van der Waals surface area contributed by atoms with Crippen LogP contribution >= 0.6 is 0 Å². The van der Waals surface area contributed by atoms with Gasteiger partial charge in [0, 0.05) is 19.4 Å². The van der Waals surface area contributed by atoms with Crippen molar-refractivity contribution in [3.63, 3.8) is 0 Å². The number of aliphatic carboxylic acids is 1. The topological polar surface area (TPSA) is 66.4 Å². The van der Waals surface area contributed by atoms with Crippen LogP contribution in [-0.4, -0.2) is 23.5 Å². The van der Waals surface area contributed by atoms with Crippen molar-refractivity contribution in [1.29, 1.82) is 0 Å². The summed E-state index contributed by atoms with van der Waals surface area (Å²) in [5, 5.41) is 11.6. The summed E-state index contributed by atoms with van der Waals surface area (Å²) in [6, 6.07) is 0. The first-order valence-corrected chi connectivity index (χ1v) is 7.10. The molecule has 1 amide bonds. The number of rotatable bonds is 8. The molecule has 0 spiro atoms. The van der Waals surface area contributed by atoms with E-state index in [1.54, 1.807) is 0 Å². The van der Waals surface area contributed by atoms with Crippen LogP contribution in [0.2, 0.25) is 0 Å². The average Bonchev–Trinajstić information content (AvgIpc) is 2.84. The third kappa shape index (κ3) is 6.03. The molecule has 0 aromatic rings. The lowest BCUT2D eigenvalue weighted by Crippen LogP contribution is -2.30. The van der Waals surface area contributed by atoms with Crippen LogP contribution in [-0.2, 0) is 9.59 Å². The van der Waals surface area contributed by atoms with E-state index < -0.39 is 5.97 Å². The van der Waals surface area contributed by atoms with Crippen LogP contribution in [0, 0.1) is 11.8 Å². The third-order valence-electron chi connectivity index (χ3n) is 3.88. The van der Waals surface area contributed by atoms with Gasteiger partial charge in [0.05, 0.1) is 0 Å². The summed E-state index contributed by atoms with van der Waals surface area (Å²) in [4.78, 5) is 22.2. The Morgan fingerprint density at radius 1 is 1.33 bits per heavy atom. The van der Waals surface area contributed by atoms with Gasteiger partial charge in [-0.05, 0) is 18.3 Å². The summed E-state index contributed by atoms with van der Waals surface area (Å²) in [5.41, 5.74) is 0. The van der Waals surface area contributed by atoms with Crippen LogP contribution in [0.1, 0.15) is 58.3 Å². The lowest BCUT2D eigenvalue weighted by molar-refractivity contribution is -0.138. The molecular formula is C14H25NO3. The zero-order chi connectivity index (χ0) is 13.4. The van der Waals surface area contributed by atoms with E-state index in [4.69, 9.17) is 5.11 Å². The molecule has 0 aromatic heterocycles. The van der Waals surface area contributed by atoms with Gasteiger partial charge in [0.2, 0.25) is 5.91 Å². The molecule has 1 saturated carbocycles. The van der Waals surface area contributed by atoms with Gasteiger partial charge in [-0.25, -0.2) is 0 Å². The van der Waals surface area contributed by atoms with E-state index >= 15 is 0 Å². The first kappa shape index (κ1) is 15.0. The monoisotopic (exact) mass is 255 g/mol. The van der Waals surface area contributed by atoms with E-state index in [0.717, 1.165) is 18.8 Å². The van der Waals surface area contributed by atoms with Gasteiger partial charge in [-0.15, -0.1) is 0 Å². The van der Waals surface area contributed by atoms with Crippen LogP contribution in [0.5, 0.6) is 0 Å². The molecule has 0 bridgehead atoms. The number of carboxylic acid groups (broad SMARTS) is 1. The second kappa shape index (κ2) is 8.11.